The van der Waals surface area contributed by atoms with E-state index in [0.29, 0.717) is 17.4 Å². The van der Waals surface area contributed by atoms with Crippen molar-refractivity contribution in [3.63, 3.8) is 0 Å². The van der Waals surface area contributed by atoms with Crippen LogP contribution in [0.5, 0.6) is 0 Å². The molecule has 0 saturated heterocycles. The van der Waals surface area contributed by atoms with E-state index in [0.717, 1.165) is 12.5 Å². The minimum absolute atomic E-state index is 0.515. The second kappa shape index (κ2) is 6.30. The summed E-state index contributed by atoms with van der Waals surface area (Å²) >= 11 is 0. The first-order valence-corrected chi connectivity index (χ1v) is 8.32. The molecule has 1 N–H and O–H groups in total. The summed E-state index contributed by atoms with van der Waals surface area (Å²) in [6, 6.07) is 9.90. The van der Waals surface area contributed by atoms with Crippen molar-refractivity contribution in [1.82, 2.24) is 5.32 Å². The molecule has 1 saturated carbocycles. The number of benzene rings is 1. The molecule has 20 heavy (non-hydrogen) atoms. The third kappa shape index (κ3) is 3.44. The van der Waals surface area contributed by atoms with Crippen LogP contribution in [0.15, 0.2) is 24.3 Å². The summed E-state index contributed by atoms with van der Waals surface area (Å²) in [7, 11) is 0. The molecule has 1 heteroatoms. The maximum atomic E-state index is 3.77. The van der Waals surface area contributed by atoms with Gasteiger partial charge >= 0.3 is 0 Å². The molecular weight excluding hydrogens is 242 g/mol. The molecule has 0 radical (unpaired) electrons. The molecule has 0 spiro atoms. The minimum Gasteiger partial charge on any atom is -0.310 e. The van der Waals surface area contributed by atoms with Crippen molar-refractivity contribution in [1.29, 1.82) is 0 Å². The van der Waals surface area contributed by atoms with Crippen LogP contribution >= 0.6 is 0 Å². The lowest BCUT2D eigenvalue weighted by Crippen LogP contribution is -2.25. The van der Waals surface area contributed by atoms with Crippen LogP contribution in [-0.2, 0) is 0 Å². The van der Waals surface area contributed by atoms with E-state index in [9.17, 15) is 0 Å². The average molecular weight is 273 g/mol. The Morgan fingerprint density at radius 2 is 1.70 bits per heavy atom. The summed E-state index contributed by atoms with van der Waals surface area (Å²) in [5.41, 5.74) is 3.46. The summed E-state index contributed by atoms with van der Waals surface area (Å²) in [6.07, 6.45) is 3.77. The van der Waals surface area contributed by atoms with Gasteiger partial charge in [-0.1, -0.05) is 58.9 Å². The molecular formula is C19H31N. The molecule has 1 aliphatic carbocycles. The van der Waals surface area contributed by atoms with E-state index in [1.54, 1.807) is 0 Å². The highest BCUT2D eigenvalue weighted by atomic mass is 14.9. The van der Waals surface area contributed by atoms with Crippen LogP contribution < -0.4 is 5.32 Å². The van der Waals surface area contributed by atoms with Crippen LogP contribution in [0.4, 0.5) is 0 Å². The van der Waals surface area contributed by atoms with Gasteiger partial charge in [0.05, 0.1) is 0 Å². The zero-order valence-electron chi connectivity index (χ0n) is 13.9. The fourth-order valence-corrected chi connectivity index (χ4v) is 3.14. The molecule has 0 bridgehead atoms. The van der Waals surface area contributed by atoms with Crippen molar-refractivity contribution in [2.45, 2.75) is 65.8 Å². The fraction of sp³-hybridized carbons (Fsp3) is 0.684. The average Bonchev–Trinajstić information content (AvgIpc) is 3.07. The largest absolute Gasteiger partial charge is 0.310 e. The monoisotopic (exact) mass is 273 g/mol. The standard InChI is InChI=1S/C19H31N/c1-6-12-20-18(17-13-19(17,4)5)16-10-8-15(9-11-16)14(3)7-2/h8-11,14,17-18,20H,6-7,12-13H2,1-5H3. The van der Waals surface area contributed by atoms with Crippen molar-refractivity contribution in [3.8, 4) is 0 Å². The van der Waals surface area contributed by atoms with Crippen molar-refractivity contribution < 1.29 is 0 Å². The highest BCUT2D eigenvalue weighted by Gasteiger charge is 2.50. The second-order valence-corrected chi connectivity index (χ2v) is 7.21. The Hall–Kier alpha value is -0.820. The van der Waals surface area contributed by atoms with Gasteiger partial charge in [-0.25, -0.2) is 0 Å². The molecule has 3 unspecified atom stereocenters. The summed E-state index contributed by atoms with van der Waals surface area (Å²) in [5.74, 6) is 1.46. The van der Waals surface area contributed by atoms with E-state index in [1.165, 1.54) is 30.4 Å². The smallest absolute Gasteiger partial charge is 0.0353 e. The number of hydrogen-bond acceptors (Lipinski definition) is 1. The van der Waals surface area contributed by atoms with Gasteiger partial charge in [0.15, 0.2) is 0 Å². The van der Waals surface area contributed by atoms with Crippen molar-refractivity contribution in [2.24, 2.45) is 11.3 Å². The van der Waals surface area contributed by atoms with E-state index >= 15 is 0 Å². The fourth-order valence-electron chi connectivity index (χ4n) is 3.14. The van der Waals surface area contributed by atoms with E-state index in [-0.39, 0.29) is 0 Å². The van der Waals surface area contributed by atoms with Gasteiger partial charge in [-0.05, 0) is 54.2 Å². The molecule has 0 aromatic heterocycles. The summed E-state index contributed by atoms with van der Waals surface area (Å²) in [5, 5.41) is 3.77. The lowest BCUT2D eigenvalue weighted by Gasteiger charge is -2.21. The SMILES string of the molecule is CCCNC(c1ccc(C(C)CC)cc1)C1CC1(C)C. The molecule has 1 aliphatic rings. The van der Waals surface area contributed by atoms with E-state index in [4.69, 9.17) is 0 Å². The van der Waals surface area contributed by atoms with Crippen LogP contribution in [0.1, 0.15) is 77.0 Å². The first-order chi connectivity index (χ1) is 9.49. The molecule has 0 aliphatic heterocycles. The number of nitrogens with one attached hydrogen (secondary N) is 1. The van der Waals surface area contributed by atoms with E-state index in [1.807, 2.05) is 0 Å². The highest BCUT2D eigenvalue weighted by molar-refractivity contribution is 5.29. The van der Waals surface area contributed by atoms with Crippen LogP contribution in [-0.4, -0.2) is 6.54 Å². The Bertz CT molecular complexity index is 418. The van der Waals surface area contributed by atoms with Gasteiger partial charge in [0, 0.05) is 6.04 Å². The molecule has 3 atom stereocenters. The van der Waals surface area contributed by atoms with Crippen molar-refractivity contribution in [3.05, 3.63) is 35.4 Å². The predicted molar refractivity (Wildman–Crippen MR) is 88.1 cm³/mol. The molecule has 0 amide bonds. The Morgan fingerprint density at radius 1 is 1.15 bits per heavy atom. The quantitative estimate of drug-likeness (QED) is 0.712. The zero-order valence-corrected chi connectivity index (χ0v) is 13.9. The number of hydrogen-bond donors (Lipinski definition) is 1. The van der Waals surface area contributed by atoms with Crippen molar-refractivity contribution in [2.75, 3.05) is 6.54 Å². The molecule has 112 valence electrons. The number of rotatable bonds is 7. The van der Waals surface area contributed by atoms with Gasteiger partial charge in [-0.15, -0.1) is 0 Å². The zero-order chi connectivity index (χ0) is 14.8. The molecule has 1 fully saturated rings. The molecule has 2 rings (SSSR count). The third-order valence-corrected chi connectivity index (χ3v) is 5.08. The highest BCUT2D eigenvalue weighted by Crippen LogP contribution is 2.57. The first-order valence-electron chi connectivity index (χ1n) is 8.32. The molecule has 0 heterocycles. The first kappa shape index (κ1) is 15.6. The Morgan fingerprint density at radius 3 is 2.15 bits per heavy atom. The van der Waals surface area contributed by atoms with Gasteiger partial charge < -0.3 is 5.32 Å². The topological polar surface area (TPSA) is 12.0 Å². The normalized spacial score (nSPS) is 23.4. The lowest BCUT2D eigenvalue weighted by atomic mass is 9.93. The van der Waals surface area contributed by atoms with Gasteiger partial charge in [-0.3, -0.25) is 0 Å². The maximum absolute atomic E-state index is 3.77. The van der Waals surface area contributed by atoms with Crippen LogP contribution in [0.3, 0.4) is 0 Å². The van der Waals surface area contributed by atoms with Gasteiger partial charge in [-0.2, -0.15) is 0 Å². The lowest BCUT2D eigenvalue weighted by molar-refractivity contribution is 0.416. The predicted octanol–water partition coefficient (Wildman–Crippen LogP) is 5.29. The van der Waals surface area contributed by atoms with Gasteiger partial charge in [0.25, 0.3) is 0 Å². The molecule has 1 aromatic carbocycles. The minimum atomic E-state index is 0.515. The Kier molecular flexibility index (Phi) is 4.90. The Balaban J connectivity index is 2.12. The van der Waals surface area contributed by atoms with Crippen LogP contribution in [0.2, 0.25) is 0 Å². The molecule has 1 nitrogen and oxygen atoms in total. The van der Waals surface area contributed by atoms with Crippen molar-refractivity contribution >= 4 is 0 Å². The maximum Gasteiger partial charge on any atom is 0.0353 e. The van der Waals surface area contributed by atoms with E-state index < -0.39 is 0 Å². The van der Waals surface area contributed by atoms with Gasteiger partial charge in [0.2, 0.25) is 0 Å². The molecule has 1 aromatic rings. The summed E-state index contributed by atoms with van der Waals surface area (Å²) < 4.78 is 0. The summed E-state index contributed by atoms with van der Waals surface area (Å²) in [4.78, 5) is 0. The van der Waals surface area contributed by atoms with E-state index in [2.05, 4.69) is 64.2 Å². The second-order valence-electron chi connectivity index (χ2n) is 7.21. The van der Waals surface area contributed by atoms with Gasteiger partial charge in [0.1, 0.15) is 0 Å². The third-order valence-electron chi connectivity index (χ3n) is 5.08. The summed E-state index contributed by atoms with van der Waals surface area (Å²) in [6.45, 7) is 12.7. The Labute approximate surface area is 125 Å². The van der Waals surface area contributed by atoms with Crippen LogP contribution in [0.25, 0.3) is 0 Å². The van der Waals surface area contributed by atoms with Crippen LogP contribution in [0, 0.1) is 11.3 Å².